The molecule has 2 N–H and O–H groups in total. The SMILES string of the molecule is COCCCNc1cnc(C(=O)NCCc2cccc(OC)c2)cn1. The molecule has 1 heterocycles. The van der Waals surface area contributed by atoms with E-state index < -0.39 is 0 Å². The van der Waals surface area contributed by atoms with Crippen LogP contribution in [0.15, 0.2) is 36.7 Å². The summed E-state index contributed by atoms with van der Waals surface area (Å²) < 4.78 is 10.2. The van der Waals surface area contributed by atoms with Gasteiger partial charge in [-0.3, -0.25) is 4.79 Å². The zero-order valence-corrected chi connectivity index (χ0v) is 14.6. The number of carbonyl (C=O) groups is 1. The zero-order valence-electron chi connectivity index (χ0n) is 14.6. The van der Waals surface area contributed by atoms with Gasteiger partial charge in [0, 0.05) is 26.8 Å². The summed E-state index contributed by atoms with van der Waals surface area (Å²) >= 11 is 0. The minimum atomic E-state index is -0.235. The van der Waals surface area contributed by atoms with Crippen LogP contribution < -0.4 is 15.4 Å². The van der Waals surface area contributed by atoms with E-state index in [0.717, 1.165) is 30.7 Å². The predicted molar refractivity (Wildman–Crippen MR) is 96.0 cm³/mol. The third-order valence-corrected chi connectivity index (χ3v) is 3.55. The number of ether oxygens (including phenoxy) is 2. The standard InChI is InChI=1S/C18H24N4O3/c1-24-10-4-8-19-17-13-21-16(12-22-17)18(23)20-9-7-14-5-3-6-15(11-14)25-2/h3,5-6,11-13H,4,7-10H2,1-2H3,(H,19,22)(H,20,23). The molecule has 0 aliphatic rings. The predicted octanol–water partition coefficient (Wildman–Crippen LogP) is 1.91. The fourth-order valence-corrected chi connectivity index (χ4v) is 2.21. The number of rotatable bonds is 10. The topological polar surface area (TPSA) is 85.4 Å². The van der Waals surface area contributed by atoms with Crippen molar-refractivity contribution in [3.05, 3.63) is 47.9 Å². The molecule has 1 aromatic carbocycles. The van der Waals surface area contributed by atoms with Gasteiger partial charge in [-0.1, -0.05) is 12.1 Å². The lowest BCUT2D eigenvalue weighted by Gasteiger charge is -2.07. The Hall–Kier alpha value is -2.67. The molecule has 134 valence electrons. The monoisotopic (exact) mass is 344 g/mol. The van der Waals surface area contributed by atoms with Gasteiger partial charge in [-0.2, -0.15) is 0 Å². The zero-order chi connectivity index (χ0) is 17.9. The summed E-state index contributed by atoms with van der Waals surface area (Å²) in [4.78, 5) is 20.4. The maximum Gasteiger partial charge on any atom is 0.271 e. The molecule has 0 radical (unpaired) electrons. The highest BCUT2D eigenvalue weighted by Gasteiger charge is 2.07. The average Bonchev–Trinajstić information content (AvgIpc) is 2.66. The first-order chi connectivity index (χ1) is 12.2. The van der Waals surface area contributed by atoms with Gasteiger partial charge in [0.05, 0.1) is 19.5 Å². The smallest absolute Gasteiger partial charge is 0.271 e. The molecule has 2 rings (SSSR count). The Bertz CT molecular complexity index is 662. The molecule has 0 saturated heterocycles. The highest BCUT2D eigenvalue weighted by atomic mass is 16.5. The van der Waals surface area contributed by atoms with Crippen molar-refractivity contribution < 1.29 is 14.3 Å². The van der Waals surface area contributed by atoms with E-state index >= 15 is 0 Å². The van der Waals surface area contributed by atoms with Crippen molar-refractivity contribution in [2.75, 3.05) is 39.2 Å². The Kier molecular flexibility index (Phi) is 7.65. The van der Waals surface area contributed by atoms with Crippen molar-refractivity contribution in [1.82, 2.24) is 15.3 Å². The van der Waals surface area contributed by atoms with Crippen LogP contribution in [-0.4, -0.2) is 49.8 Å². The molecule has 0 fully saturated rings. The second kappa shape index (κ2) is 10.2. The van der Waals surface area contributed by atoms with Gasteiger partial charge in [0.25, 0.3) is 5.91 Å². The highest BCUT2D eigenvalue weighted by Crippen LogP contribution is 2.12. The number of hydrogen-bond acceptors (Lipinski definition) is 6. The molecule has 2 aromatic rings. The number of amides is 1. The number of anilines is 1. The van der Waals surface area contributed by atoms with E-state index in [1.807, 2.05) is 24.3 Å². The quantitative estimate of drug-likeness (QED) is 0.641. The number of nitrogens with one attached hydrogen (secondary N) is 2. The summed E-state index contributed by atoms with van der Waals surface area (Å²) in [5.74, 6) is 1.22. The molecule has 1 aromatic heterocycles. The largest absolute Gasteiger partial charge is 0.497 e. The van der Waals surface area contributed by atoms with Gasteiger partial charge in [-0.05, 0) is 30.5 Å². The highest BCUT2D eigenvalue weighted by molar-refractivity contribution is 5.91. The number of aromatic nitrogens is 2. The lowest BCUT2D eigenvalue weighted by Crippen LogP contribution is -2.26. The van der Waals surface area contributed by atoms with E-state index in [1.165, 1.54) is 6.20 Å². The molecule has 25 heavy (non-hydrogen) atoms. The lowest BCUT2D eigenvalue weighted by molar-refractivity contribution is 0.0949. The van der Waals surface area contributed by atoms with Gasteiger partial charge in [0.1, 0.15) is 17.3 Å². The Balaban J connectivity index is 1.76. The lowest BCUT2D eigenvalue weighted by atomic mass is 10.1. The fraction of sp³-hybridized carbons (Fsp3) is 0.389. The van der Waals surface area contributed by atoms with Crippen LogP contribution in [0.5, 0.6) is 5.75 Å². The summed E-state index contributed by atoms with van der Waals surface area (Å²) in [5.41, 5.74) is 1.40. The van der Waals surface area contributed by atoms with Crippen molar-refractivity contribution in [3.63, 3.8) is 0 Å². The molecule has 0 aliphatic heterocycles. The van der Waals surface area contributed by atoms with E-state index in [2.05, 4.69) is 20.6 Å². The van der Waals surface area contributed by atoms with Gasteiger partial charge in [0.2, 0.25) is 0 Å². The number of nitrogens with zero attached hydrogens (tertiary/aromatic N) is 2. The van der Waals surface area contributed by atoms with Crippen LogP contribution in [0.1, 0.15) is 22.5 Å². The van der Waals surface area contributed by atoms with Gasteiger partial charge < -0.3 is 20.1 Å². The van der Waals surface area contributed by atoms with Crippen molar-refractivity contribution in [2.24, 2.45) is 0 Å². The van der Waals surface area contributed by atoms with Crippen molar-refractivity contribution in [1.29, 1.82) is 0 Å². The summed E-state index contributed by atoms with van der Waals surface area (Å²) in [7, 11) is 3.30. The number of carbonyl (C=O) groups excluding carboxylic acids is 1. The summed E-state index contributed by atoms with van der Waals surface area (Å²) in [6.45, 7) is 1.95. The van der Waals surface area contributed by atoms with Gasteiger partial charge in [0.15, 0.2) is 0 Å². The molecule has 7 nitrogen and oxygen atoms in total. The molecule has 1 amide bonds. The minimum absolute atomic E-state index is 0.235. The fourth-order valence-electron chi connectivity index (χ4n) is 2.21. The molecule has 0 bridgehead atoms. The summed E-state index contributed by atoms with van der Waals surface area (Å²) in [5, 5.41) is 5.97. The van der Waals surface area contributed by atoms with Crippen LogP contribution in [-0.2, 0) is 11.2 Å². The maximum absolute atomic E-state index is 12.1. The minimum Gasteiger partial charge on any atom is -0.497 e. The van der Waals surface area contributed by atoms with Gasteiger partial charge >= 0.3 is 0 Å². The van der Waals surface area contributed by atoms with E-state index in [-0.39, 0.29) is 5.91 Å². The molecule has 0 atom stereocenters. The van der Waals surface area contributed by atoms with Crippen molar-refractivity contribution >= 4 is 11.7 Å². The third-order valence-electron chi connectivity index (χ3n) is 3.55. The van der Waals surface area contributed by atoms with Gasteiger partial charge in [-0.15, -0.1) is 0 Å². The average molecular weight is 344 g/mol. The molecular weight excluding hydrogens is 320 g/mol. The van der Waals surface area contributed by atoms with Crippen LogP contribution in [0.3, 0.4) is 0 Å². The third kappa shape index (κ3) is 6.39. The Morgan fingerprint density at radius 1 is 1.16 bits per heavy atom. The first kappa shape index (κ1) is 18.7. The summed E-state index contributed by atoms with van der Waals surface area (Å²) in [6, 6.07) is 7.77. The molecule has 0 spiro atoms. The molecular formula is C18H24N4O3. The molecule has 0 saturated carbocycles. The Morgan fingerprint density at radius 2 is 2.04 bits per heavy atom. The first-order valence-electron chi connectivity index (χ1n) is 8.19. The van der Waals surface area contributed by atoms with Crippen LogP contribution in [0.2, 0.25) is 0 Å². The number of hydrogen-bond donors (Lipinski definition) is 2. The summed E-state index contributed by atoms with van der Waals surface area (Å²) in [6.07, 6.45) is 4.63. The van der Waals surface area contributed by atoms with Gasteiger partial charge in [-0.25, -0.2) is 9.97 Å². The van der Waals surface area contributed by atoms with E-state index in [9.17, 15) is 4.79 Å². The normalized spacial score (nSPS) is 10.3. The molecule has 0 unspecified atom stereocenters. The van der Waals surface area contributed by atoms with Crippen LogP contribution in [0.25, 0.3) is 0 Å². The van der Waals surface area contributed by atoms with E-state index in [0.29, 0.717) is 24.7 Å². The van der Waals surface area contributed by atoms with E-state index in [1.54, 1.807) is 20.4 Å². The maximum atomic E-state index is 12.1. The van der Waals surface area contributed by atoms with Crippen molar-refractivity contribution in [3.8, 4) is 5.75 Å². The van der Waals surface area contributed by atoms with Crippen LogP contribution >= 0.6 is 0 Å². The number of benzene rings is 1. The molecule has 7 heteroatoms. The number of methoxy groups -OCH3 is 2. The second-order valence-corrected chi connectivity index (χ2v) is 5.42. The van der Waals surface area contributed by atoms with Crippen molar-refractivity contribution in [2.45, 2.75) is 12.8 Å². The second-order valence-electron chi connectivity index (χ2n) is 5.42. The molecule has 0 aliphatic carbocycles. The first-order valence-corrected chi connectivity index (χ1v) is 8.19. The van der Waals surface area contributed by atoms with Crippen LogP contribution in [0.4, 0.5) is 5.82 Å². The van der Waals surface area contributed by atoms with Crippen LogP contribution in [0, 0.1) is 0 Å². The van der Waals surface area contributed by atoms with E-state index in [4.69, 9.17) is 9.47 Å². The Labute approximate surface area is 147 Å². The Morgan fingerprint density at radius 3 is 2.76 bits per heavy atom.